The first-order valence-electron chi connectivity index (χ1n) is 8.05. The number of nitrogens with one attached hydrogen (secondary N) is 1. The summed E-state index contributed by atoms with van der Waals surface area (Å²) in [6.45, 7) is 7.89. The quantitative estimate of drug-likeness (QED) is 0.522. The van der Waals surface area contributed by atoms with E-state index in [2.05, 4.69) is 26.1 Å². The molecule has 0 amide bonds. The Morgan fingerprint density at radius 3 is 2.43 bits per heavy atom. The van der Waals surface area contributed by atoms with Crippen molar-refractivity contribution in [3.63, 3.8) is 0 Å². The average Bonchev–Trinajstić information content (AvgIpc) is 2.79. The van der Waals surface area contributed by atoms with Gasteiger partial charge in [-0.2, -0.15) is 0 Å². The van der Waals surface area contributed by atoms with E-state index in [0.29, 0.717) is 11.7 Å². The van der Waals surface area contributed by atoms with Gasteiger partial charge < -0.3 is 10.1 Å². The van der Waals surface area contributed by atoms with Crippen LogP contribution in [0.25, 0.3) is 0 Å². The first kappa shape index (κ1) is 15.8. The largest absolute Gasteiger partial charge is 0.427 e. The van der Waals surface area contributed by atoms with Gasteiger partial charge in [-0.25, -0.2) is 0 Å². The summed E-state index contributed by atoms with van der Waals surface area (Å²) < 4.78 is 5.01. The second-order valence-corrected chi connectivity index (χ2v) is 7.34. The zero-order valence-electron chi connectivity index (χ0n) is 14.1. The van der Waals surface area contributed by atoms with E-state index in [1.807, 2.05) is 18.3 Å². The van der Waals surface area contributed by atoms with E-state index in [-0.39, 0.29) is 22.6 Å². The standard InChI is InChI=1S/C19H23NO3/c1-12(21)23-14-7-5-13(6-8-14)20-11-15-16-9-10-19(4,17(15)22)18(16,2)3/h5-8,11,16,20H,9-10H2,1-4H3/b15-11-. The lowest BCUT2D eigenvalue weighted by atomic mass is 9.70. The molecule has 2 aliphatic rings. The molecule has 1 N–H and O–H groups in total. The highest BCUT2D eigenvalue weighted by molar-refractivity contribution is 6.04. The Morgan fingerprint density at radius 2 is 1.91 bits per heavy atom. The number of hydrogen-bond donors (Lipinski definition) is 1. The van der Waals surface area contributed by atoms with Crippen LogP contribution < -0.4 is 10.1 Å². The summed E-state index contributed by atoms with van der Waals surface area (Å²) in [5.74, 6) is 0.784. The van der Waals surface area contributed by atoms with Gasteiger partial charge in [0.15, 0.2) is 5.78 Å². The van der Waals surface area contributed by atoms with Gasteiger partial charge in [0.1, 0.15) is 5.75 Å². The number of rotatable bonds is 3. The summed E-state index contributed by atoms with van der Waals surface area (Å²) in [7, 11) is 0. The van der Waals surface area contributed by atoms with Crippen molar-refractivity contribution >= 4 is 17.4 Å². The summed E-state index contributed by atoms with van der Waals surface area (Å²) >= 11 is 0. The number of allylic oxidation sites excluding steroid dienone is 1. The van der Waals surface area contributed by atoms with Crippen LogP contribution in [0, 0.1) is 16.7 Å². The number of carbonyl (C=O) groups is 2. The number of Topliss-reactive ketones (excluding diaryl/α,β-unsaturated/α-hetero) is 1. The molecule has 23 heavy (non-hydrogen) atoms. The molecule has 2 fully saturated rings. The first-order chi connectivity index (χ1) is 10.8. The van der Waals surface area contributed by atoms with Gasteiger partial charge in [0, 0.05) is 29.8 Å². The molecule has 0 aliphatic heterocycles. The normalized spacial score (nSPS) is 29.8. The molecule has 0 spiro atoms. The van der Waals surface area contributed by atoms with Crippen molar-refractivity contribution in [1.82, 2.24) is 0 Å². The Morgan fingerprint density at radius 1 is 1.26 bits per heavy atom. The van der Waals surface area contributed by atoms with Gasteiger partial charge in [0.05, 0.1) is 0 Å². The van der Waals surface area contributed by atoms with E-state index in [4.69, 9.17) is 4.74 Å². The maximum absolute atomic E-state index is 12.7. The van der Waals surface area contributed by atoms with Crippen LogP contribution in [-0.2, 0) is 9.59 Å². The van der Waals surface area contributed by atoms with Gasteiger partial charge in [-0.1, -0.05) is 20.8 Å². The van der Waals surface area contributed by atoms with Crippen LogP contribution in [0.5, 0.6) is 5.75 Å². The molecule has 0 radical (unpaired) electrons. The Balaban J connectivity index is 1.76. The van der Waals surface area contributed by atoms with Crippen molar-refractivity contribution in [3.05, 3.63) is 36.0 Å². The van der Waals surface area contributed by atoms with Crippen molar-refractivity contribution < 1.29 is 14.3 Å². The molecule has 4 nitrogen and oxygen atoms in total. The molecular weight excluding hydrogens is 290 g/mol. The van der Waals surface area contributed by atoms with Gasteiger partial charge in [-0.3, -0.25) is 9.59 Å². The molecule has 0 heterocycles. The Bertz CT molecular complexity index is 687. The minimum atomic E-state index is -0.337. The Labute approximate surface area is 136 Å². The van der Waals surface area contributed by atoms with Crippen LogP contribution in [0.15, 0.2) is 36.0 Å². The lowest BCUT2D eigenvalue weighted by Gasteiger charge is -2.31. The van der Waals surface area contributed by atoms with Crippen LogP contribution in [0.4, 0.5) is 5.69 Å². The molecule has 2 bridgehead atoms. The SMILES string of the molecule is CC(=O)Oc1ccc(N/C=C2\C(=O)C3(C)CCC2C3(C)C)cc1. The van der Waals surface area contributed by atoms with E-state index in [9.17, 15) is 9.59 Å². The maximum atomic E-state index is 12.7. The molecular formula is C19H23NO3. The highest BCUT2D eigenvalue weighted by atomic mass is 16.5. The summed E-state index contributed by atoms with van der Waals surface area (Å²) in [5.41, 5.74) is 1.57. The topological polar surface area (TPSA) is 55.4 Å². The molecule has 0 saturated heterocycles. The second kappa shape index (κ2) is 5.22. The molecule has 2 aliphatic carbocycles. The third-order valence-corrected chi connectivity index (χ3v) is 5.88. The fourth-order valence-electron chi connectivity index (χ4n) is 4.04. The first-order valence-corrected chi connectivity index (χ1v) is 8.05. The van der Waals surface area contributed by atoms with Crippen molar-refractivity contribution in [3.8, 4) is 5.75 Å². The van der Waals surface area contributed by atoms with E-state index in [1.54, 1.807) is 12.1 Å². The molecule has 0 aromatic heterocycles. The fourth-order valence-corrected chi connectivity index (χ4v) is 4.04. The number of fused-ring (bicyclic) bond motifs is 2. The number of ketones is 1. The van der Waals surface area contributed by atoms with E-state index < -0.39 is 0 Å². The van der Waals surface area contributed by atoms with Gasteiger partial charge in [-0.15, -0.1) is 0 Å². The molecule has 2 saturated carbocycles. The molecule has 2 unspecified atom stereocenters. The van der Waals surface area contributed by atoms with Crippen LogP contribution in [-0.4, -0.2) is 11.8 Å². The van der Waals surface area contributed by atoms with Crippen LogP contribution >= 0.6 is 0 Å². The van der Waals surface area contributed by atoms with Gasteiger partial charge in [-0.05, 0) is 48.4 Å². The van der Waals surface area contributed by atoms with Gasteiger partial charge in [0.2, 0.25) is 0 Å². The van der Waals surface area contributed by atoms with Crippen molar-refractivity contribution in [1.29, 1.82) is 0 Å². The molecule has 2 atom stereocenters. The lowest BCUT2D eigenvalue weighted by molar-refractivity contribution is -0.132. The number of carbonyl (C=O) groups excluding carboxylic acids is 2. The average molecular weight is 313 g/mol. The second-order valence-electron chi connectivity index (χ2n) is 7.34. The monoisotopic (exact) mass is 313 g/mol. The summed E-state index contributed by atoms with van der Waals surface area (Å²) in [4.78, 5) is 23.6. The van der Waals surface area contributed by atoms with Crippen molar-refractivity contribution in [2.24, 2.45) is 16.7 Å². The molecule has 1 aromatic carbocycles. The number of anilines is 1. The third-order valence-electron chi connectivity index (χ3n) is 5.88. The number of esters is 1. The minimum Gasteiger partial charge on any atom is -0.427 e. The lowest BCUT2D eigenvalue weighted by Crippen LogP contribution is -2.32. The highest BCUT2D eigenvalue weighted by Crippen LogP contribution is 2.65. The van der Waals surface area contributed by atoms with Gasteiger partial charge >= 0.3 is 5.97 Å². The Kier molecular flexibility index (Phi) is 3.58. The van der Waals surface area contributed by atoms with Crippen molar-refractivity contribution in [2.75, 3.05) is 5.32 Å². The minimum absolute atomic E-state index is 0.0246. The van der Waals surface area contributed by atoms with Crippen LogP contribution in [0.2, 0.25) is 0 Å². The number of benzene rings is 1. The molecule has 4 heteroatoms. The third kappa shape index (κ3) is 2.37. The van der Waals surface area contributed by atoms with E-state index in [1.165, 1.54) is 6.92 Å². The summed E-state index contributed by atoms with van der Waals surface area (Å²) in [6, 6.07) is 7.13. The van der Waals surface area contributed by atoms with Crippen LogP contribution in [0.3, 0.4) is 0 Å². The molecule has 122 valence electrons. The van der Waals surface area contributed by atoms with Gasteiger partial charge in [0.25, 0.3) is 0 Å². The fraction of sp³-hybridized carbons (Fsp3) is 0.474. The van der Waals surface area contributed by atoms with Crippen LogP contribution in [0.1, 0.15) is 40.5 Å². The maximum Gasteiger partial charge on any atom is 0.308 e. The molecule has 3 rings (SSSR count). The highest BCUT2D eigenvalue weighted by Gasteiger charge is 2.63. The van der Waals surface area contributed by atoms with E-state index >= 15 is 0 Å². The molecule has 1 aromatic rings. The smallest absolute Gasteiger partial charge is 0.308 e. The van der Waals surface area contributed by atoms with Crippen molar-refractivity contribution in [2.45, 2.75) is 40.5 Å². The predicted molar refractivity (Wildman–Crippen MR) is 89.1 cm³/mol. The summed E-state index contributed by atoms with van der Waals surface area (Å²) in [5, 5.41) is 3.21. The van der Waals surface area contributed by atoms with E-state index in [0.717, 1.165) is 24.1 Å². The number of hydrogen-bond acceptors (Lipinski definition) is 4. The zero-order chi connectivity index (χ0) is 16.8. The summed E-state index contributed by atoms with van der Waals surface area (Å²) in [6.07, 6.45) is 3.92. The number of ether oxygens (including phenoxy) is 1. The Hall–Kier alpha value is -2.10. The predicted octanol–water partition coefficient (Wildman–Crippen LogP) is 3.93. The zero-order valence-corrected chi connectivity index (χ0v) is 14.1.